The topological polar surface area (TPSA) is 54.9 Å². The van der Waals surface area contributed by atoms with Crippen molar-refractivity contribution in [1.29, 1.82) is 0 Å². The quantitative estimate of drug-likeness (QED) is 0.861. The van der Waals surface area contributed by atoms with Gasteiger partial charge < -0.3 is 5.32 Å². The molecule has 18 heavy (non-hydrogen) atoms. The zero-order valence-electron chi connectivity index (χ0n) is 8.82. The number of carbonyl (C=O) groups excluding carboxylic acids is 1. The molecule has 0 saturated heterocycles. The number of hydrogen-bond donors (Lipinski definition) is 1. The number of halogens is 3. The molecule has 0 aliphatic heterocycles. The fourth-order valence-corrected chi connectivity index (χ4v) is 1.76. The third-order valence-corrected chi connectivity index (χ3v) is 2.87. The lowest BCUT2D eigenvalue weighted by molar-refractivity contribution is 0.102. The highest BCUT2D eigenvalue weighted by molar-refractivity contribution is 6.36. The molecule has 0 radical (unpaired) electrons. The number of nitrogens with one attached hydrogen (secondary N) is 1. The lowest BCUT2D eigenvalue weighted by Crippen LogP contribution is -2.14. The van der Waals surface area contributed by atoms with Gasteiger partial charge in [0.15, 0.2) is 5.82 Å². The SMILES string of the molecule is O=C(Nc1ncccc1Cl)c1cc(Cl)ncc1Cl. The van der Waals surface area contributed by atoms with E-state index in [0.717, 1.165) is 0 Å². The Kier molecular flexibility index (Phi) is 4.01. The second kappa shape index (κ2) is 5.52. The predicted octanol–water partition coefficient (Wildman–Crippen LogP) is 3.69. The van der Waals surface area contributed by atoms with E-state index in [0.29, 0.717) is 5.02 Å². The summed E-state index contributed by atoms with van der Waals surface area (Å²) in [6.07, 6.45) is 2.82. The minimum atomic E-state index is -0.454. The van der Waals surface area contributed by atoms with Crippen LogP contribution < -0.4 is 5.32 Å². The molecular formula is C11H6Cl3N3O. The minimum Gasteiger partial charge on any atom is -0.305 e. The zero-order valence-corrected chi connectivity index (χ0v) is 11.1. The van der Waals surface area contributed by atoms with Gasteiger partial charge >= 0.3 is 0 Å². The van der Waals surface area contributed by atoms with E-state index >= 15 is 0 Å². The van der Waals surface area contributed by atoms with Crippen molar-refractivity contribution in [3.8, 4) is 0 Å². The van der Waals surface area contributed by atoms with Crippen molar-refractivity contribution in [2.24, 2.45) is 0 Å². The molecule has 0 bridgehead atoms. The Bertz CT molecular complexity index is 604. The molecular weight excluding hydrogens is 296 g/mol. The fraction of sp³-hybridized carbons (Fsp3) is 0. The number of carbonyl (C=O) groups is 1. The van der Waals surface area contributed by atoms with Crippen LogP contribution in [-0.2, 0) is 0 Å². The first kappa shape index (κ1) is 13.1. The van der Waals surface area contributed by atoms with Gasteiger partial charge in [-0.25, -0.2) is 9.97 Å². The highest BCUT2D eigenvalue weighted by Crippen LogP contribution is 2.22. The van der Waals surface area contributed by atoms with Gasteiger partial charge in [0, 0.05) is 12.4 Å². The average Bonchev–Trinajstić information content (AvgIpc) is 2.35. The molecule has 0 fully saturated rings. The molecule has 0 aliphatic carbocycles. The van der Waals surface area contributed by atoms with Crippen LogP contribution in [0, 0.1) is 0 Å². The monoisotopic (exact) mass is 301 g/mol. The van der Waals surface area contributed by atoms with Crippen LogP contribution in [0.1, 0.15) is 10.4 Å². The van der Waals surface area contributed by atoms with Crippen LogP contribution >= 0.6 is 34.8 Å². The molecule has 1 amide bonds. The van der Waals surface area contributed by atoms with Gasteiger partial charge in [-0.15, -0.1) is 0 Å². The highest BCUT2D eigenvalue weighted by Gasteiger charge is 2.13. The number of anilines is 1. The molecule has 2 aromatic rings. The third kappa shape index (κ3) is 2.90. The van der Waals surface area contributed by atoms with Gasteiger partial charge in [0.25, 0.3) is 5.91 Å². The van der Waals surface area contributed by atoms with Gasteiger partial charge in [0.2, 0.25) is 0 Å². The van der Waals surface area contributed by atoms with Crippen LogP contribution in [0.25, 0.3) is 0 Å². The Morgan fingerprint density at radius 2 is 1.94 bits per heavy atom. The van der Waals surface area contributed by atoms with Crippen LogP contribution in [0.2, 0.25) is 15.2 Å². The predicted molar refractivity (Wildman–Crippen MR) is 71.5 cm³/mol. The molecule has 2 rings (SSSR count). The second-order valence-electron chi connectivity index (χ2n) is 3.27. The Morgan fingerprint density at radius 1 is 1.17 bits per heavy atom. The summed E-state index contributed by atoms with van der Waals surface area (Å²) in [6, 6.07) is 4.65. The van der Waals surface area contributed by atoms with E-state index < -0.39 is 5.91 Å². The van der Waals surface area contributed by atoms with Crippen molar-refractivity contribution in [3.63, 3.8) is 0 Å². The number of amides is 1. The van der Waals surface area contributed by atoms with Crippen molar-refractivity contribution in [1.82, 2.24) is 9.97 Å². The summed E-state index contributed by atoms with van der Waals surface area (Å²) in [5, 5.41) is 3.25. The van der Waals surface area contributed by atoms with Gasteiger partial charge in [0.05, 0.1) is 15.6 Å². The van der Waals surface area contributed by atoms with E-state index in [2.05, 4.69) is 15.3 Å². The minimum absolute atomic E-state index is 0.177. The van der Waals surface area contributed by atoms with Crippen LogP contribution in [-0.4, -0.2) is 15.9 Å². The average molecular weight is 303 g/mol. The van der Waals surface area contributed by atoms with Gasteiger partial charge in [-0.1, -0.05) is 34.8 Å². The fourth-order valence-electron chi connectivity index (χ4n) is 1.24. The maximum absolute atomic E-state index is 12.0. The smallest absolute Gasteiger partial charge is 0.258 e. The molecule has 0 atom stereocenters. The Hall–Kier alpha value is -1.36. The molecule has 0 aliphatic rings. The number of rotatable bonds is 2. The van der Waals surface area contributed by atoms with Crippen molar-refractivity contribution >= 4 is 46.5 Å². The Morgan fingerprint density at radius 3 is 2.67 bits per heavy atom. The standard InChI is InChI=1S/C11H6Cl3N3O/c12-7-2-1-3-15-10(7)17-11(18)6-4-9(14)16-5-8(6)13/h1-5H,(H,15,17,18). The Labute approximate surface area is 118 Å². The van der Waals surface area contributed by atoms with E-state index in [1.165, 1.54) is 18.5 Å². The molecule has 0 saturated carbocycles. The van der Waals surface area contributed by atoms with Gasteiger partial charge in [0.1, 0.15) is 5.15 Å². The maximum Gasteiger partial charge on any atom is 0.258 e. The lowest BCUT2D eigenvalue weighted by Gasteiger charge is -2.07. The summed E-state index contributed by atoms with van der Waals surface area (Å²) in [7, 11) is 0. The molecule has 1 N–H and O–H groups in total. The first-order valence-electron chi connectivity index (χ1n) is 4.81. The lowest BCUT2D eigenvalue weighted by atomic mass is 10.2. The normalized spacial score (nSPS) is 10.2. The molecule has 4 nitrogen and oxygen atoms in total. The first-order chi connectivity index (χ1) is 8.58. The number of aromatic nitrogens is 2. The van der Waals surface area contributed by atoms with Gasteiger partial charge in [-0.3, -0.25) is 4.79 Å². The highest BCUT2D eigenvalue weighted by atomic mass is 35.5. The number of nitrogens with zero attached hydrogens (tertiary/aromatic N) is 2. The van der Waals surface area contributed by atoms with E-state index in [-0.39, 0.29) is 21.6 Å². The van der Waals surface area contributed by atoms with Gasteiger partial charge in [-0.05, 0) is 18.2 Å². The van der Waals surface area contributed by atoms with Crippen molar-refractivity contribution in [2.75, 3.05) is 5.32 Å². The summed E-state index contributed by atoms with van der Waals surface area (Å²) in [5.41, 5.74) is 0.207. The van der Waals surface area contributed by atoms with Gasteiger partial charge in [-0.2, -0.15) is 0 Å². The molecule has 0 aromatic carbocycles. The van der Waals surface area contributed by atoms with Crippen molar-refractivity contribution < 1.29 is 4.79 Å². The summed E-state index contributed by atoms with van der Waals surface area (Å²) >= 11 is 17.4. The number of hydrogen-bond acceptors (Lipinski definition) is 3. The van der Waals surface area contributed by atoms with Crippen LogP contribution in [0.3, 0.4) is 0 Å². The molecule has 0 spiro atoms. The zero-order chi connectivity index (χ0) is 13.1. The van der Waals surface area contributed by atoms with Crippen molar-refractivity contribution in [2.45, 2.75) is 0 Å². The summed E-state index contributed by atoms with van der Waals surface area (Å²) < 4.78 is 0. The third-order valence-electron chi connectivity index (χ3n) is 2.06. The Balaban J connectivity index is 2.28. The van der Waals surface area contributed by atoms with Crippen LogP contribution in [0.4, 0.5) is 5.82 Å². The van der Waals surface area contributed by atoms with Crippen LogP contribution in [0.15, 0.2) is 30.6 Å². The largest absolute Gasteiger partial charge is 0.305 e. The maximum atomic E-state index is 12.0. The molecule has 92 valence electrons. The van der Waals surface area contributed by atoms with E-state index in [4.69, 9.17) is 34.8 Å². The molecule has 0 unspecified atom stereocenters. The molecule has 7 heteroatoms. The summed E-state index contributed by atoms with van der Waals surface area (Å²) in [5.74, 6) is -0.196. The van der Waals surface area contributed by atoms with E-state index in [1.54, 1.807) is 12.1 Å². The van der Waals surface area contributed by atoms with E-state index in [1.807, 2.05) is 0 Å². The summed E-state index contributed by atoms with van der Waals surface area (Å²) in [6.45, 7) is 0. The van der Waals surface area contributed by atoms with Crippen molar-refractivity contribution in [3.05, 3.63) is 51.4 Å². The second-order valence-corrected chi connectivity index (χ2v) is 4.48. The first-order valence-corrected chi connectivity index (χ1v) is 5.94. The number of pyridine rings is 2. The molecule has 2 aromatic heterocycles. The summed E-state index contributed by atoms with van der Waals surface area (Å²) in [4.78, 5) is 19.7. The van der Waals surface area contributed by atoms with E-state index in [9.17, 15) is 4.79 Å². The molecule has 2 heterocycles. The van der Waals surface area contributed by atoms with Crippen LogP contribution in [0.5, 0.6) is 0 Å².